The molecule has 1 unspecified atom stereocenters. The first-order valence-corrected chi connectivity index (χ1v) is 7.38. The largest absolute Gasteiger partial charge is 0.394 e. The lowest BCUT2D eigenvalue weighted by Crippen LogP contribution is -2.34. The van der Waals surface area contributed by atoms with Gasteiger partial charge in [0.1, 0.15) is 5.82 Å². The van der Waals surface area contributed by atoms with E-state index in [1.54, 1.807) is 0 Å². The molecule has 0 spiro atoms. The zero-order chi connectivity index (χ0) is 14.8. The van der Waals surface area contributed by atoms with Gasteiger partial charge in [-0.1, -0.05) is 18.2 Å². The van der Waals surface area contributed by atoms with E-state index in [1.807, 2.05) is 41.9 Å². The van der Waals surface area contributed by atoms with Crippen molar-refractivity contribution in [1.29, 1.82) is 0 Å². The van der Waals surface area contributed by atoms with Gasteiger partial charge in [-0.05, 0) is 31.9 Å². The van der Waals surface area contributed by atoms with Gasteiger partial charge in [0.25, 0.3) is 0 Å². The maximum Gasteiger partial charge on any atom is 0.138 e. The van der Waals surface area contributed by atoms with Crippen molar-refractivity contribution in [3.05, 3.63) is 41.6 Å². The Morgan fingerprint density at radius 2 is 2.00 bits per heavy atom. The van der Waals surface area contributed by atoms with E-state index >= 15 is 0 Å². The van der Waals surface area contributed by atoms with E-state index in [9.17, 15) is 10.2 Å². The molecule has 1 aromatic heterocycles. The summed E-state index contributed by atoms with van der Waals surface area (Å²) in [7, 11) is 0. The summed E-state index contributed by atoms with van der Waals surface area (Å²) in [4.78, 5) is 2.18. The molecule has 2 aromatic rings. The number of aryl methyl sites for hydroxylation is 1. The zero-order valence-corrected chi connectivity index (χ0v) is 12.2. The molecule has 21 heavy (non-hydrogen) atoms. The predicted molar refractivity (Wildman–Crippen MR) is 81.7 cm³/mol. The fraction of sp³-hybridized carbons (Fsp3) is 0.438. The van der Waals surface area contributed by atoms with Crippen molar-refractivity contribution in [3.8, 4) is 5.69 Å². The van der Waals surface area contributed by atoms with E-state index in [4.69, 9.17) is 0 Å². The fourth-order valence-corrected chi connectivity index (χ4v) is 3.08. The number of rotatable bonds is 4. The molecule has 0 saturated carbocycles. The summed E-state index contributed by atoms with van der Waals surface area (Å²) >= 11 is 0. The van der Waals surface area contributed by atoms with E-state index in [-0.39, 0.29) is 19.3 Å². The third kappa shape index (κ3) is 2.43. The van der Waals surface area contributed by atoms with Crippen LogP contribution in [0.2, 0.25) is 0 Å². The van der Waals surface area contributed by atoms with Crippen LogP contribution in [0.1, 0.15) is 24.1 Å². The minimum atomic E-state index is -0.0390. The number of aliphatic hydroxyl groups is 2. The number of aliphatic hydroxyl groups excluding tert-OH is 2. The first kappa shape index (κ1) is 14.1. The minimum absolute atomic E-state index is 0.0390. The van der Waals surface area contributed by atoms with Crippen LogP contribution < -0.4 is 4.90 Å². The van der Waals surface area contributed by atoms with E-state index in [0.717, 1.165) is 42.1 Å². The molecule has 0 bridgehead atoms. The van der Waals surface area contributed by atoms with Gasteiger partial charge in [-0.2, -0.15) is 5.10 Å². The van der Waals surface area contributed by atoms with Crippen molar-refractivity contribution in [2.75, 3.05) is 18.1 Å². The van der Waals surface area contributed by atoms with Gasteiger partial charge < -0.3 is 15.1 Å². The summed E-state index contributed by atoms with van der Waals surface area (Å²) in [6, 6.07) is 10.0. The molecule has 5 heteroatoms. The molecule has 1 aliphatic heterocycles. The molecule has 2 heterocycles. The molecule has 5 nitrogen and oxygen atoms in total. The first-order chi connectivity index (χ1) is 10.3. The maximum absolute atomic E-state index is 9.74. The normalized spacial score (nSPS) is 18.4. The topological polar surface area (TPSA) is 61.5 Å². The Morgan fingerprint density at radius 3 is 2.67 bits per heavy atom. The van der Waals surface area contributed by atoms with Crippen LogP contribution in [-0.2, 0) is 6.61 Å². The van der Waals surface area contributed by atoms with Gasteiger partial charge in [0.15, 0.2) is 0 Å². The second-order valence-corrected chi connectivity index (χ2v) is 5.47. The quantitative estimate of drug-likeness (QED) is 0.897. The average molecular weight is 287 g/mol. The van der Waals surface area contributed by atoms with Crippen LogP contribution in [0.3, 0.4) is 0 Å². The van der Waals surface area contributed by atoms with E-state index in [0.29, 0.717) is 0 Å². The van der Waals surface area contributed by atoms with Gasteiger partial charge in [0.05, 0.1) is 30.6 Å². The van der Waals surface area contributed by atoms with Crippen LogP contribution in [0.15, 0.2) is 30.3 Å². The van der Waals surface area contributed by atoms with Crippen molar-refractivity contribution in [2.45, 2.75) is 32.4 Å². The molecule has 1 fully saturated rings. The van der Waals surface area contributed by atoms with E-state index in [2.05, 4.69) is 10.00 Å². The number of benzene rings is 1. The van der Waals surface area contributed by atoms with Gasteiger partial charge in [0.2, 0.25) is 0 Å². The molecule has 0 aliphatic carbocycles. The van der Waals surface area contributed by atoms with Crippen LogP contribution in [0, 0.1) is 6.92 Å². The van der Waals surface area contributed by atoms with Crippen LogP contribution in [0.4, 0.5) is 5.82 Å². The van der Waals surface area contributed by atoms with Crippen molar-refractivity contribution in [2.24, 2.45) is 0 Å². The predicted octanol–water partition coefficient (Wildman–Crippen LogP) is 1.63. The van der Waals surface area contributed by atoms with Crippen LogP contribution in [0.25, 0.3) is 5.69 Å². The summed E-state index contributed by atoms with van der Waals surface area (Å²) in [5.41, 5.74) is 2.65. The maximum atomic E-state index is 9.74. The summed E-state index contributed by atoms with van der Waals surface area (Å²) in [6.07, 6.45) is 2.02. The molecule has 1 aromatic carbocycles. The summed E-state index contributed by atoms with van der Waals surface area (Å²) in [6.45, 7) is 2.89. The summed E-state index contributed by atoms with van der Waals surface area (Å²) in [5.74, 6) is 0.915. The third-order valence-corrected chi connectivity index (χ3v) is 4.18. The summed E-state index contributed by atoms with van der Waals surface area (Å²) in [5, 5.41) is 23.9. The van der Waals surface area contributed by atoms with Gasteiger partial charge in [-0.3, -0.25) is 0 Å². The molecular weight excluding hydrogens is 266 g/mol. The molecule has 1 atom stereocenters. The lowest BCUT2D eigenvalue weighted by Gasteiger charge is -2.27. The lowest BCUT2D eigenvalue weighted by molar-refractivity contribution is 0.263. The number of nitrogens with zero attached hydrogens (tertiary/aromatic N) is 3. The first-order valence-electron chi connectivity index (χ1n) is 7.38. The van der Waals surface area contributed by atoms with E-state index < -0.39 is 0 Å². The van der Waals surface area contributed by atoms with Gasteiger partial charge in [-0.25, -0.2) is 4.68 Å². The highest BCUT2D eigenvalue weighted by Gasteiger charge is 2.30. The van der Waals surface area contributed by atoms with Crippen molar-refractivity contribution < 1.29 is 10.2 Å². The number of hydrogen-bond acceptors (Lipinski definition) is 4. The standard InChI is InChI=1S/C16H21N3O2/c1-12-15(11-21)16(18-9-5-8-14(18)10-20)19(17-12)13-6-3-2-4-7-13/h2-4,6-7,14,20-21H,5,8-11H2,1H3. The second-order valence-electron chi connectivity index (χ2n) is 5.47. The number of hydrogen-bond donors (Lipinski definition) is 2. The van der Waals surface area contributed by atoms with Crippen molar-refractivity contribution >= 4 is 5.82 Å². The molecule has 1 saturated heterocycles. The molecule has 2 N–H and O–H groups in total. The molecule has 1 aliphatic rings. The van der Waals surface area contributed by atoms with Gasteiger partial charge >= 0.3 is 0 Å². The average Bonchev–Trinajstić information content (AvgIpc) is 3.11. The monoisotopic (exact) mass is 287 g/mol. The Labute approximate surface area is 124 Å². The molecule has 3 rings (SSSR count). The zero-order valence-electron chi connectivity index (χ0n) is 12.2. The van der Waals surface area contributed by atoms with E-state index in [1.165, 1.54) is 0 Å². The molecule has 112 valence electrons. The smallest absolute Gasteiger partial charge is 0.138 e. The van der Waals surface area contributed by atoms with Crippen LogP contribution >= 0.6 is 0 Å². The number of para-hydroxylation sites is 1. The Hall–Kier alpha value is -1.85. The fourth-order valence-electron chi connectivity index (χ4n) is 3.08. The second kappa shape index (κ2) is 5.87. The minimum Gasteiger partial charge on any atom is -0.394 e. The summed E-state index contributed by atoms with van der Waals surface area (Å²) < 4.78 is 1.88. The Bertz CT molecular complexity index is 609. The lowest BCUT2D eigenvalue weighted by atomic mass is 10.2. The van der Waals surface area contributed by atoms with Crippen LogP contribution in [-0.4, -0.2) is 39.2 Å². The number of aromatic nitrogens is 2. The highest BCUT2D eigenvalue weighted by Crippen LogP contribution is 2.32. The van der Waals surface area contributed by atoms with Gasteiger partial charge in [-0.15, -0.1) is 0 Å². The Morgan fingerprint density at radius 1 is 1.24 bits per heavy atom. The third-order valence-electron chi connectivity index (χ3n) is 4.18. The highest BCUT2D eigenvalue weighted by atomic mass is 16.3. The number of anilines is 1. The highest BCUT2D eigenvalue weighted by molar-refractivity contribution is 5.56. The van der Waals surface area contributed by atoms with Crippen molar-refractivity contribution in [3.63, 3.8) is 0 Å². The Balaban J connectivity index is 2.13. The molecule has 0 amide bonds. The SMILES string of the molecule is Cc1nn(-c2ccccc2)c(N2CCCC2CO)c1CO. The van der Waals surface area contributed by atoms with Crippen molar-refractivity contribution in [1.82, 2.24) is 9.78 Å². The molecular formula is C16H21N3O2. The molecule has 0 radical (unpaired) electrons. The van der Waals surface area contributed by atoms with Gasteiger partial charge in [0, 0.05) is 12.1 Å². The van der Waals surface area contributed by atoms with Crippen LogP contribution in [0.5, 0.6) is 0 Å². The Kier molecular flexibility index (Phi) is 3.94.